The zero-order chi connectivity index (χ0) is 53.5. The topological polar surface area (TPSA) is 141 Å². The average molecular weight is 1180 g/mol. The number of carbonyl (C=O) groups excluding carboxylic acids is 2. The summed E-state index contributed by atoms with van der Waals surface area (Å²) in [7, 11) is 4.76. The fourth-order valence-electron chi connectivity index (χ4n) is 8.28. The number of rotatable bonds is 15. The summed E-state index contributed by atoms with van der Waals surface area (Å²) in [6, 6.07) is 17.2. The third-order valence-electron chi connectivity index (χ3n) is 11.5. The number of fused-ring (bicyclic) bond motifs is 2. The number of nitrogens with one attached hydrogen (secondary N) is 4. The molecule has 388 valence electrons. The van der Waals surface area contributed by atoms with Gasteiger partial charge in [-0.15, -0.1) is 0 Å². The van der Waals surface area contributed by atoms with E-state index in [0.29, 0.717) is 37.2 Å². The van der Waals surface area contributed by atoms with Gasteiger partial charge < -0.3 is 47.9 Å². The molecule has 6 atom stereocenters. The van der Waals surface area contributed by atoms with Gasteiger partial charge in [-0.3, -0.25) is 9.59 Å². The predicted octanol–water partition coefficient (Wildman–Crippen LogP) is 10.1. The van der Waals surface area contributed by atoms with Crippen LogP contribution < -0.4 is 30.7 Å². The molecule has 0 saturated heterocycles. The van der Waals surface area contributed by atoms with Crippen molar-refractivity contribution >= 4 is 44.1 Å². The van der Waals surface area contributed by atoms with Crippen molar-refractivity contribution in [3.63, 3.8) is 0 Å². The van der Waals surface area contributed by atoms with Crippen LogP contribution in [-0.2, 0) is 57.2 Å². The van der Waals surface area contributed by atoms with Crippen molar-refractivity contribution in [2.45, 2.75) is 137 Å². The van der Waals surface area contributed by atoms with Crippen molar-refractivity contribution in [2.24, 2.45) is 10.8 Å². The van der Waals surface area contributed by atoms with E-state index in [-0.39, 0.29) is 48.6 Å². The van der Waals surface area contributed by atoms with Crippen LogP contribution in [0.2, 0.25) is 0 Å². The first-order valence-electron chi connectivity index (χ1n) is 23.6. The van der Waals surface area contributed by atoms with Crippen LogP contribution in [0.25, 0.3) is 0 Å². The normalized spacial score (nSPS) is 18.8. The number of hydrogen-bond acceptors (Lipinski definition) is 8. The van der Waals surface area contributed by atoms with Crippen LogP contribution in [-0.4, -0.2) is 72.6 Å². The van der Waals surface area contributed by atoms with E-state index < -0.39 is 58.6 Å². The summed E-state index contributed by atoms with van der Waals surface area (Å²) in [5, 5.41) is 34.1. The van der Waals surface area contributed by atoms with Crippen molar-refractivity contribution in [3.05, 3.63) is 134 Å². The summed E-state index contributed by atoms with van der Waals surface area (Å²) in [5.74, 6) is -1.80. The van der Waals surface area contributed by atoms with Crippen molar-refractivity contribution in [2.75, 3.05) is 26.3 Å². The molecule has 0 aliphatic carbocycles. The Balaban J connectivity index is 0.000000334. The maximum absolute atomic E-state index is 13.6. The second kappa shape index (κ2) is 27.8. The van der Waals surface area contributed by atoms with Crippen LogP contribution in [0.5, 0.6) is 11.5 Å². The molecule has 6 N–H and O–H groups in total. The molecule has 2 heterocycles. The number of halogens is 6. The molecule has 4 aromatic rings. The van der Waals surface area contributed by atoms with E-state index in [2.05, 4.69) is 117 Å². The van der Waals surface area contributed by atoms with Gasteiger partial charge in [0.15, 0.2) is 0 Å². The first-order valence-corrected chi connectivity index (χ1v) is 28.6. The zero-order valence-electron chi connectivity index (χ0n) is 42.8. The molecule has 10 nitrogen and oxygen atoms in total. The molecule has 0 bridgehead atoms. The molecule has 71 heavy (non-hydrogen) atoms. The van der Waals surface area contributed by atoms with E-state index in [9.17, 15) is 37.4 Å². The van der Waals surface area contributed by atoms with Gasteiger partial charge in [0.25, 0.3) is 0 Å². The fourth-order valence-corrected chi connectivity index (χ4v) is 8.77. The fraction of sp³-hybridized carbons (Fsp3) is 0.500. The Labute approximate surface area is 446 Å². The zero-order valence-corrected chi connectivity index (χ0v) is 48.7. The first-order chi connectivity index (χ1) is 33.0. The molecule has 6 rings (SSSR count). The van der Waals surface area contributed by atoms with Crippen molar-refractivity contribution in [3.8, 4) is 11.5 Å². The van der Waals surface area contributed by atoms with E-state index in [1.165, 1.54) is 43.7 Å². The van der Waals surface area contributed by atoms with Gasteiger partial charge >= 0.3 is 27.0 Å². The third kappa shape index (κ3) is 21.6. The number of benzene rings is 4. The number of ether oxygens (including phenoxy) is 2. The molecule has 0 spiro atoms. The van der Waals surface area contributed by atoms with Gasteiger partial charge in [0.2, 0.25) is 11.8 Å². The van der Waals surface area contributed by atoms with Crippen LogP contribution in [0.4, 0.5) is 17.6 Å². The Kier molecular flexibility index (Phi) is 24.2. The van der Waals surface area contributed by atoms with E-state index in [1.807, 2.05) is 25.1 Å². The standard InChI is InChI=1S/C27H36F2N2O3.C22H25F2IN2O3.C5H11.ClH.Zn/c1-17(32)31-23(13-19-10-20(28)14-21(29)11-19)24(33)16-30-27(5)8-9-34-25-7-6-18(12-22(25)27)15-26(2,3)4;1-13(28)27-19(9-14-7-15(23)10-16(24)8-14)20(29)12-26-22(2)5-6-30-21-4-3-17(25)11-18(21)22;1-5(2,3)4;;/h6-7,10-12,14,23-24,30,33H,8-9,13,15-16H2,1-5H3,(H,31,32);3-4,7-8,10-11,19-20,26,29H,5-6,9,12H2,1-2H3,(H,27,28);1H2,2-4H3;1H;/q;;-1;;+2/p-1. The molecule has 0 fully saturated rings. The van der Waals surface area contributed by atoms with Crippen LogP contribution in [0.1, 0.15) is 110 Å². The van der Waals surface area contributed by atoms with E-state index in [1.54, 1.807) is 0 Å². The van der Waals surface area contributed by atoms with Crippen molar-refractivity contribution in [1.29, 1.82) is 0 Å². The van der Waals surface area contributed by atoms with Crippen LogP contribution >= 0.6 is 32.3 Å². The van der Waals surface area contributed by atoms with Gasteiger partial charge in [0.1, 0.15) is 34.8 Å². The number of amides is 2. The van der Waals surface area contributed by atoms with Gasteiger partial charge in [-0.25, -0.2) is 17.6 Å². The van der Waals surface area contributed by atoms with E-state index in [4.69, 9.17) is 19.2 Å². The molecular weight excluding hydrogens is 1100 g/mol. The Morgan fingerprint density at radius 2 is 1.04 bits per heavy atom. The molecule has 0 saturated carbocycles. The maximum atomic E-state index is 13.6. The second-order valence-electron chi connectivity index (χ2n) is 21.1. The molecule has 2 aliphatic rings. The van der Waals surface area contributed by atoms with Crippen LogP contribution in [0.3, 0.4) is 0 Å². The Hall–Kier alpha value is -3.38. The van der Waals surface area contributed by atoms with Gasteiger partial charge in [-0.2, -0.15) is 5.41 Å². The molecule has 6 unspecified atom stereocenters. The van der Waals surface area contributed by atoms with Crippen molar-refractivity contribution in [1.82, 2.24) is 21.3 Å². The minimum atomic E-state index is -0.976. The van der Waals surface area contributed by atoms with Gasteiger partial charge in [0.05, 0.1) is 37.5 Å². The van der Waals surface area contributed by atoms with E-state index >= 15 is 0 Å². The molecular formula is C54H72ClF4IN4O6Zn. The first kappa shape index (κ1) is 61.9. The second-order valence-corrected chi connectivity index (χ2v) is 22.4. The summed E-state index contributed by atoms with van der Waals surface area (Å²) in [5.41, 5.74) is 3.54. The molecule has 2 amide bonds. The summed E-state index contributed by atoms with van der Waals surface area (Å²) in [6.07, 6.45) is 0.614. The van der Waals surface area contributed by atoms with E-state index in [0.717, 1.165) is 62.1 Å². The van der Waals surface area contributed by atoms with Gasteiger partial charge in [-0.1, -0.05) is 53.7 Å². The monoisotopic (exact) mass is 1170 g/mol. The predicted molar refractivity (Wildman–Crippen MR) is 278 cm³/mol. The van der Waals surface area contributed by atoms with Crippen LogP contribution in [0, 0.1) is 44.6 Å². The quantitative estimate of drug-likeness (QED) is 0.0299. The Morgan fingerprint density at radius 3 is 1.41 bits per heavy atom. The summed E-state index contributed by atoms with van der Waals surface area (Å²) >= 11 is 3.09. The summed E-state index contributed by atoms with van der Waals surface area (Å²) < 4.78 is 67.1. The number of carbonyl (C=O) groups is 2. The SMILES string of the molecule is CC(=O)NC(Cc1cc(F)cc(F)c1)C(O)CNC1(C)CCOc2ccc(CC(C)(C)C)cc21.CC(=O)NC(Cc1cc(F)cc(F)c1)C(O)CNC1(C)CCOc2ccc(I)cc21.[CH2-]C(C)(C)C.[Cl][Zn+]. The minimum absolute atomic E-state index is 0.100. The molecule has 4 aromatic carbocycles. The molecule has 0 aromatic heterocycles. The van der Waals surface area contributed by atoms with Crippen LogP contribution in [0.15, 0.2) is 72.8 Å². The van der Waals surface area contributed by atoms with Crippen molar-refractivity contribution < 1.29 is 64.1 Å². The Morgan fingerprint density at radius 1 is 0.676 bits per heavy atom. The van der Waals surface area contributed by atoms with Gasteiger partial charge in [-0.05, 0) is 126 Å². The number of aliphatic hydroxyl groups excluding tert-OH is 2. The number of hydrogen-bond donors (Lipinski definition) is 6. The molecule has 2 aliphatic heterocycles. The summed E-state index contributed by atoms with van der Waals surface area (Å²) in [6.45, 7) is 24.9. The third-order valence-corrected chi connectivity index (χ3v) is 12.2. The van der Waals surface area contributed by atoms with Gasteiger partial charge in [0, 0.05) is 77.7 Å². The summed E-state index contributed by atoms with van der Waals surface area (Å²) in [4.78, 5) is 23.4. The molecule has 0 radical (unpaired) electrons. The number of aliphatic hydroxyl groups is 2. The molecule has 17 heteroatoms. The average Bonchev–Trinajstić information content (AvgIpc) is 3.24. The Bertz CT molecular complexity index is 2330.